The van der Waals surface area contributed by atoms with Gasteiger partial charge in [0, 0.05) is 19.5 Å². The van der Waals surface area contributed by atoms with E-state index in [4.69, 9.17) is 11.5 Å². The van der Waals surface area contributed by atoms with Gasteiger partial charge in [0.05, 0.1) is 16.1 Å². The Morgan fingerprint density at radius 1 is 1.40 bits per heavy atom. The fraction of sp³-hybridized carbons (Fsp3) is 0.571. The molecule has 6 heteroatoms. The third kappa shape index (κ3) is 2.80. The second-order valence-electron chi connectivity index (χ2n) is 5.30. The lowest BCUT2D eigenvalue weighted by Crippen LogP contribution is -2.22. The van der Waals surface area contributed by atoms with E-state index in [1.54, 1.807) is 0 Å². The van der Waals surface area contributed by atoms with E-state index in [-0.39, 0.29) is 17.4 Å². The summed E-state index contributed by atoms with van der Waals surface area (Å²) in [4.78, 5) is 26.3. The molecular formula is C14H21N3O2S. The number of hydrogen-bond donors (Lipinski definition) is 2. The first-order chi connectivity index (χ1) is 9.47. The Hall–Kier alpha value is -1.56. The molecule has 0 unspecified atom stereocenters. The van der Waals surface area contributed by atoms with Crippen molar-refractivity contribution in [3.8, 4) is 0 Å². The van der Waals surface area contributed by atoms with Gasteiger partial charge in [0.15, 0.2) is 5.78 Å². The van der Waals surface area contributed by atoms with E-state index in [0.29, 0.717) is 15.4 Å². The number of carbonyl (C=O) groups excluding carboxylic acids is 2. The fourth-order valence-corrected chi connectivity index (χ4v) is 3.38. The average Bonchev–Trinajstić information content (AvgIpc) is 3.18. The SMILES string of the molecule is CCCCN(C)c1sc(C(=O)C2CC2)c(N)c1C(N)=O. The smallest absolute Gasteiger partial charge is 0.253 e. The topological polar surface area (TPSA) is 89.4 Å². The van der Waals surface area contributed by atoms with Crippen molar-refractivity contribution in [2.75, 3.05) is 24.2 Å². The van der Waals surface area contributed by atoms with E-state index in [1.165, 1.54) is 11.3 Å². The normalized spacial score (nSPS) is 14.3. The second-order valence-corrected chi connectivity index (χ2v) is 6.30. The van der Waals surface area contributed by atoms with E-state index in [9.17, 15) is 9.59 Å². The summed E-state index contributed by atoms with van der Waals surface area (Å²) >= 11 is 1.30. The zero-order chi connectivity index (χ0) is 14.9. The van der Waals surface area contributed by atoms with E-state index in [1.807, 2.05) is 11.9 Å². The van der Waals surface area contributed by atoms with Crippen molar-refractivity contribution in [3.05, 3.63) is 10.4 Å². The number of anilines is 2. The lowest BCUT2D eigenvalue weighted by atomic mass is 10.1. The highest BCUT2D eigenvalue weighted by atomic mass is 32.1. The van der Waals surface area contributed by atoms with E-state index < -0.39 is 5.91 Å². The van der Waals surface area contributed by atoms with Crippen molar-refractivity contribution < 1.29 is 9.59 Å². The molecule has 1 aromatic rings. The summed E-state index contributed by atoms with van der Waals surface area (Å²) in [5.74, 6) is -0.414. The molecule has 1 heterocycles. The van der Waals surface area contributed by atoms with Gasteiger partial charge in [-0.25, -0.2) is 0 Å². The van der Waals surface area contributed by atoms with Crippen molar-refractivity contribution >= 4 is 33.7 Å². The molecule has 2 rings (SSSR count). The molecule has 1 amide bonds. The fourth-order valence-electron chi connectivity index (χ4n) is 2.15. The van der Waals surface area contributed by atoms with Crippen LogP contribution in [-0.4, -0.2) is 25.3 Å². The van der Waals surface area contributed by atoms with Crippen LogP contribution in [0.15, 0.2) is 0 Å². The minimum absolute atomic E-state index is 0.0603. The minimum Gasteiger partial charge on any atom is -0.397 e. The van der Waals surface area contributed by atoms with Crippen LogP contribution in [-0.2, 0) is 0 Å². The zero-order valence-electron chi connectivity index (χ0n) is 11.9. The molecule has 0 aliphatic heterocycles. The number of ketones is 1. The number of unbranched alkanes of at least 4 members (excludes halogenated alkanes) is 1. The Morgan fingerprint density at radius 3 is 2.55 bits per heavy atom. The molecule has 0 aromatic carbocycles. The monoisotopic (exact) mass is 295 g/mol. The Kier molecular flexibility index (Phi) is 4.32. The van der Waals surface area contributed by atoms with Crippen molar-refractivity contribution in [2.24, 2.45) is 11.7 Å². The van der Waals surface area contributed by atoms with E-state index >= 15 is 0 Å². The molecule has 20 heavy (non-hydrogen) atoms. The van der Waals surface area contributed by atoms with Gasteiger partial charge in [0.25, 0.3) is 5.91 Å². The minimum atomic E-state index is -0.563. The van der Waals surface area contributed by atoms with E-state index in [0.717, 1.165) is 32.2 Å². The van der Waals surface area contributed by atoms with Crippen molar-refractivity contribution in [1.82, 2.24) is 0 Å². The Morgan fingerprint density at radius 2 is 2.05 bits per heavy atom. The van der Waals surface area contributed by atoms with Crippen LogP contribution in [0, 0.1) is 5.92 Å². The van der Waals surface area contributed by atoms with Gasteiger partial charge in [0.2, 0.25) is 0 Å². The summed E-state index contributed by atoms with van der Waals surface area (Å²) in [6.07, 6.45) is 3.91. The van der Waals surface area contributed by atoms with Crippen molar-refractivity contribution in [2.45, 2.75) is 32.6 Å². The molecular weight excluding hydrogens is 274 g/mol. The van der Waals surface area contributed by atoms with Crippen molar-refractivity contribution in [1.29, 1.82) is 0 Å². The maximum absolute atomic E-state index is 12.2. The standard InChI is InChI=1S/C14H21N3O2S/c1-3-4-7-17(2)14-9(13(16)19)10(15)12(20-14)11(18)8-5-6-8/h8H,3-7,15H2,1-2H3,(H2,16,19). The molecule has 1 aliphatic rings. The number of rotatable bonds is 7. The molecule has 5 nitrogen and oxygen atoms in total. The summed E-state index contributed by atoms with van der Waals surface area (Å²) in [6.45, 7) is 2.92. The van der Waals surface area contributed by atoms with Crippen molar-refractivity contribution in [3.63, 3.8) is 0 Å². The van der Waals surface area contributed by atoms with Gasteiger partial charge in [-0.1, -0.05) is 13.3 Å². The van der Waals surface area contributed by atoms with Gasteiger partial charge >= 0.3 is 0 Å². The number of Topliss-reactive ketones (excluding diaryl/α,β-unsaturated/α-hetero) is 1. The third-order valence-electron chi connectivity index (χ3n) is 3.54. The first-order valence-electron chi connectivity index (χ1n) is 6.94. The van der Waals surface area contributed by atoms with Gasteiger partial charge in [-0.3, -0.25) is 9.59 Å². The maximum atomic E-state index is 12.2. The number of nitrogen functional groups attached to an aromatic ring is 1. The lowest BCUT2D eigenvalue weighted by molar-refractivity contribution is 0.0972. The van der Waals surface area contributed by atoms with Crippen LogP contribution < -0.4 is 16.4 Å². The number of primary amides is 1. The summed E-state index contributed by atoms with van der Waals surface area (Å²) in [7, 11) is 1.90. The molecule has 110 valence electrons. The molecule has 0 atom stereocenters. The molecule has 0 spiro atoms. The molecule has 0 saturated heterocycles. The molecule has 0 radical (unpaired) electrons. The predicted octanol–water partition coefficient (Wildman–Crippen LogP) is 2.26. The maximum Gasteiger partial charge on any atom is 0.253 e. The van der Waals surface area contributed by atoms with Gasteiger partial charge in [-0.15, -0.1) is 11.3 Å². The third-order valence-corrected chi connectivity index (χ3v) is 4.87. The largest absolute Gasteiger partial charge is 0.397 e. The highest BCUT2D eigenvalue weighted by Crippen LogP contribution is 2.42. The number of nitrogens with two attached hydrogens (primary N) is 2. The van der Waals surface area contributed by atoms with Crippen LogP contribution in [0.25, 0.3) is 0 Å². The molecule has 0 bridgehead atoms. The van der Waals surface area contributed by atoms with E-state index in [2.05, 4.69) is 6.92 Å². The van der Waals surface area contributed by atoms with Crippen LogP contribution in [0.4, 0.5) is 10.7 Å². The highest BCUT2D eigenvalue weighted by molar-refractivity contribution is 7.19. The summed E-state index contributed by atoms with van der Waals surface area (Å²) in [5.41, 5.74) is 12.0. The quantitative estimate of drug-likeness (QED) is 0.755. The average molecular weight is 295 g/mol. The highest BCUT2D eigenvalue weighted by Gasteiger charge is 2.35. The Balaban J connectivity index is 2.36. The first kappa shape index (κ1) is 14.8. The number of hydrogen-bond acceptors (Lipinski definition) is 5. The number of carbonyl (C=O) groups is 2. The predicted molar refractivity (Wildman–Crippen MR) is 82.5 cm³/mol. The van der Waals surface area contributed by atoms with Crippen LogP contribution in [0.5, 0.6) is 0 Å². The molecule has 1 fully saturated rings. The van der Waals surface area contributed by atoms with Crippen LogP contribution >= 0.6 is 11.3 Å². The number of thiophene rings is 1. The summed E-state index contributed by atoms with van der Waals surface area (Å²) < 4.78 is 0. The van der Waals surface area contributed by atoms with Crippen LogP contribution in [0.1, 0.15) is 52.6 Å². The summed E-state index contributed by atoms with van der Waals surface area (Å²) in [6, 6.07) is 0. The lowest BCUT2D eigenvalue weighted by Gasteiger charge is -2.17. The van der Waals surface area contributed by atoms with Crippen LogP contribution in [0.3, 0.4) is 0 Å². The van der Waals surface area contributed by atoms with Gasteiger partial charge in [-0.2, -0.15) is 0 Å². The van der Waals surface area contributed by atoms with Gasteiger partial charge in [-0.05, 0) is 19.3 Å². The molecule has 1 saturated carbocycles. The Bertz CT molecular complexity index is 535. The summed E-state index contributed by atoms with van der Waals surface area (Å²) in [5, 5.41) is 0.715. The zero-order valence-corrected chi connectivity index (χ0v) is 12.8. The number of amides is 1. The molecule has 4 N–H and O–H groups in total. The van der Waals surface area contributed by atoms with Gasteiger partial charge in [0.1, 0.15) is 5.00 Å². The number of nitrogens with zero attached hydrogens (tertiary/aromatic N) is 1. The van der Waals surface area contributed by atoms with Gasteiger partial charge < -0.3 is 16.4 Å². The molecule has 1 aromatic heterocycles. The molecule has 1 aliphatic carbocycles. The second kappa shape index (κ2) is 5.83. The Labute approximate surface area is 122 Å². The first-order valence-corrected chi connectivity index (χ1v) is 7.76. The van der Waals surface area contributed by atoms with Crippen LogP contribution in [0.2, 0.25) is 0 Å².